The highest BCUT2D eigenvalue weighted by Crippen LogP contribution is 2.26. The molecule has 150 valence electrons. The number of benzene rings is 2. The highest BCUT2D eigenvalue weighted by Gasteiger charge is 2.18. The van der Waals surface area contributed by atoms with Gasteiger partial charge in [-0.15, -0.1) is 0 Å². The molecule has 0 unspecified atom stereocenters. The minimum absolute atomic E-state index is 0.263. The SMILES string of the molecule is COc1ccc(-n2nc(C(=O)Nc3cccc(C)c3C)cc2-c2cccnc2)cc1. The van der Waals surface area contributed by atoms with Gasteiger partial charge in [0.2, 0.25) is 0 Å². The van der Waals surface area contributed by atoms with E-state index in [1.165, 1.54) is 0 Å². The first-order valence-electron chi connectivity index (χ1n) is 9.59. The first-order chi connectivity index (χ1) is 14.6. The molecule has 2 aromatic carbocycles. The summed E-state index contributed by atoms with van der Waals surface area (Å²) in [5.41, 5.74) is 5.72. The molecule has 0 aliphatic carbocycles. The zero-order valence-electron chi connectivity index (χ0n) is 17.1. The zero-order chi connectivity index (χ0) is 21.1. The lowest BCUT2D eigenvalue weighted by Gasteiger charge is -2.09. The first kappa shape index (κ1) is 19.4. The molecule has 4 rings (SSSR count). The summed E-state index contributed by atoms with van der Waals surface area (Å²) >= 11 is 0. The Morgan fingerprint density at radius 3 is 2.53 bits per heavy atom. The molecule has 1 amide bonds. The molecule has 0 saturated carbocycles. The zero-order valence-corrected chi connectivity index (χ0v) is 17.1. The first-order valence-corrected chi connectivity index (χ1v) is 9.59. The minimum atomic E-state index is -0.263. The van der Waals surface area contributed by atoms with Crippen molar-refractivity contribution in [1.82, 2.24) is 14.8 Å². The Labute approximate surface area is 175 Å². The monoisotopic (exact) mass is 398 g/mol. The largest absolute Gasteiger partial charge is 0.497 e. The van der Waals surface area contributed by atoms with E-state index in [1.807, 2.05) is 68.4 Å². The van der Waals surface area contributed by atoms with Crippen molar-refractivity contribution in [3.8, 4) is 22.7 Å². The van der Waals surface area contributed by atoms with E-state index in [-0.39, 0.29) is 5.91 Å². The second-order valence-electron chi connectivity index (χ2n) is 6.97. The van der Waals surface area contributed by atoms with E-state index in [0.29, 0.717) is 5.69 Å². The Morgan fingerprint density at radius 1 is 1.03 bits per heavy atom. The van der Waals surface area contributed by atoms with Gasteiger partial charge in [-0.2, -0.15) is 5.10 Å². The molecule has 6 heteroatoms. The van der Waals surface area contributed by atoms with Crippen molar-refractivity contribution in [2.24, 2.45) is 0 Å². The molecule has 0 saturated heterocycles. The number of aromatic nitrogens is 3. The van der Waals surface area contributed by atoms with E-state index in [2.05, 4.69) is 15.4 Å². The van der Waals surface area contributed by atoms with Crippen molar-refractivity contribution in [1.29, 1.82) is 0 Å². The number of pyridine rings is 1. The Hall–Kier alpha value is -3.93. The van der Waals surface area contributed by atoms with Crippen molar-refractivity contribution < 1.29 is 9.53 Å². The van der Waals surface area contributed by atoms with E-state index in [1.54, 1.807) is 30.3 Å². The predicted octanol–water partition coefficient (Wildman–Crippen LogP) is 4.81. The number of carbonyl (C=O) groups is 1. The van der Waals surface area contributed by atoms with Crippen LogP contribution in [0.15, 0.2) is 73.1 Å². The summed E-state index contributed by atoms with van der Waals surface area (Å²) in [5.74, 6) is 0.489. The maximum Gasteiger partial charge on any atom is 0.276 e. The molecule has 0 spiro atoms. The van der Waals surface area contributed by atoms with Crippen LogP contribution in [0.25, 0.3) is 16.9 Å². The molecule has 6 nitrogen and oxygen atoms in total. The second kappa shape index (κ2) is 8.21. The van der Waals surface area contributed by atoms with E-state index < -0.39 is 0 Å². The molecule has 0 atom stereocenters. The second-order valence-corrected chi connectivity index (χ2v) is 6.97. The summed E-state index contributed by atoms with van der Waals surface area (Å²) in [5, 5.41) is 7.58. The molecular weight excluding hydrogens is 376 g/mol. The van der Waals surface area contributed by atoms with Crippen LogP contribution in [-0.4, -0.2) is 27.8 Å². The Morgan fingerprint density at radius 2 is 1.83 bits per heavy atom. The van der Waals surface area contributed by atoms with Gasteiger partial charge in [-0.05, 0) is 73.5 Å². The van der Waals surface area contributed by atoms with Crippen LogP contribution in [0.3, 0.4) is 0 Å². The van der Waals surface area contributed by atoms with Gasteiger partial charge < -0.3 is 10.1 Å². The molecule has 0 fully saturated rings. The Kier molecular flexibility index (Phi) is 5.30. The van der Waals surface area contributed by atoms with Gasteiger partial charge in [0.15, 0.2) is 5.69 Å². The number of methoxy groups -OCH3 is 1. The Bertz CT molecular complexity index is 1180. The molecule has 4 aromatic rings. The third kappa shape index (κ3) is 3.80. The number of nitrogens with one attached hydrogen (secondary N) is 1. The summed E-state index contributed by atoms with van der Waals surface area (Å²) in [6.07, 6.45) is 3.47. The lowest BCUT2D eigenvalue weighted by Crippen LogP contribution is -2.14. The summed E-state index contributed by atoms with van der Waals surface area (Å²) in [7, 11) is 1.62. The van der Waals surface area contributed by atoms with Crippen LogP contribution < -0.4 is 10.1 Å². The maximum absolute atomic E-state index is 13.0. The molecule has 1 N–H and O–H groups in total. The van der Waals surface area contributed by atoms with Gasteiger partial charge in [-0.1, -0.05) is 12.1 Å². The molecule has 0 aliphatic rings. The standard InChI is InChI=1S/C24H22N4O2/c1-16-6-4-8-21(17(16)2)26-24(29)22-14-23(18-7-5-13-25-15-18)28(27-22)19-9-11-20(30-3)12-10-19/h4-15H,1-3H3,(H,26,29). The van der Waals surface area contributed by atoms with Crippen LogP contribution in [0.1, 0.15) is 21.6 Å². The molecule has 30 heavy (non-hydrogen) atoms. The molecule has 0 radical (unpaired) electrons. The summed E-state index contributed by atoms with van der Waals surface area (Å²) < 4.78 is 6.99. The van der Waals surface area contributed by atoms with Crippen molar-refractivity contribution >= 4 is 11.6 Å². The van der Waals surface area contributed by atoms with E-state index in [9.17, 15) is 4.79 Å². The molecule has 2 aromatic heterocycles. The normalized spacial score (nSPS) is 10.6. The quantitative estimate of drug-likeness (QED) is 0.524. The van der Waals surface area contributed by atoms with Gasteiger partial charge >= 0.3 is 0 Å². The van der Waals surface area contributed by atoms with Gasteiger partial charge in [0, 0.05) is 23.6 Å². The van der Waals surface area contributed by atoms with Crippen molar-refractivity contribution in [2.75, 3.05) is 12.4 Å². The topological polar surface area (TPSA) is 69.0 Å². The van der Waals surface area contributed by atoms with Crippen molar-refractivity contribution in [2.45, 2.75) is 13.8 Å². The van der Waals surface area contributed by atoms with E-state index >= 15 is 0 Å². The number of amides is 1. The fraction of sp³-hybridized carbons (Fsp3) is 0.125. The van der Waals surface area contributed by atoms with Gasteiger partial charge in [0.05, 0.1) is 18.5 Å². The van der Waals surface area contributed by atoms with Crippen LogP contribution in [0, 0.1) is 13.8 Å². The van der Waals surface area contributed by atoms with Gasteiger partial charge in [-0.3, -0.25) is 9.78 Å². The summed E-state index contributed by atoms with van der Waals surface area (Å²) in [6.45, 7) is 4.01. The van der Waals surface area contributed by atoms with E-state index in [4.69, 9.17) is 4.74 Å². The summed E-state index contributed by atoms with van der Waals surface area (Å²) in [6, 6.07) is 18.9. The number of hydrogen-bond acceptors (Lipinski definition) is 4. The predicted molar refractivity (Wildman–Crippen MR) is 117 cm³/mol. The maximum atomic E-state index is 13.0. The number of anilines is 1. The summed E-state index contributed by atoms with van der Waals surface area (Å²) in [4.78, 5) is 17.2. The Balaban J connectivity index is 1.74. The lowest BCUT2D eigenvalue weighted by atomic mass is 10.1. The number of carbonyl (C=O) groups excluding carboxylic acids is 1. The minimum Gasteiger partial charge on any atom is -0.497 e. The van der Waals surface area contributed by atoms with Gasteiger partial charge in [0.1, 0.15) is 5.75 Å². The van der Waals surface area contributed by atoms with Gasteiger partial charge in [-0.25, -0.2) is 4.68 Å². The smallest absolute Gasteiger partial charge is 0.276 e. The molecule has 2 heterocycles. The number of aryl methyl sites for hydroxylation is 1. The third-order valence-corrected chi connectivity index (χ3v) is 5.07. The van der Waals surface area contributed by atoms with Crippen molar-refractivity contribution in [3.05, 3.63) is 89.9 Å². The van der Waals surface area contributed by atoms with Crippen LogP contribution in [-0.2, 0) is 0 Å². The highest BCUT2D eigenvalue weighted by molar-refractivity contribution is 6.04. The average molecular weight is 398 g/mol. The van der Waals surface area contributed by atoms with Crippen LogP contribution >= 0.6 is 0 Å². The molecule has 0 bridgehead atoms. The van der Waals surface area contributed by atoms with Crippen LogP contribution in [0.4, 0.5) is 5.69 Å². The number of hydrogen-bond donors (Lipinski definition) is 1. The molecular formula is C24H22N4O2. The number of ether oxygens (including phenoxy) is 1. The number of nitrogens with zero attached hydrogens (tertiary/aromatic N) is 3. The third-order valence-electron chi connectivity index (χ3n) is 5.07. The number of rotatable bonds is 5. The van der Waals surface area contributed by atoms with Crippen molar-refractivity contribution in [3.63, 3.8) is 0 Å². The van der Waals surface area contributed by atoms with Crippen LogP contribution in [0.5, 0.6) is 5.75 Å². The average Bonchev–Trinajstić information content (AvgIpc) is 3.23. The molecule has 0 aliphatic heterocycles. The van der Waals surface area contributed by atoms with Crippen LogP contribution in [0.2, 0.25) is 0 Å². The van der Waals surface area contributed by atoms with Gasteiger partial charge in [0.25, 0.3) is 5.91 Å². The van der Waals surface area contributed by atoms with E-state index in [0.717, 1.165) is 39.5 Å². The lowest BCUT2D eigenvalue weighted by molar-refractivity contribution is 0.102. The fourth-order valence-corrected chi connectivity index (χ4v) is 3.21. The fourth-order valence-electron chi connectivity index (χ4n) is 3.21. The highest BCUT2D eigenvalue weighted by atomic mass is 16.5.